The van der Waals surface area contributed by atoms with Crippen LogP contribution in [-0.4, -0.2) is 21.6 Å². The maximum atomic E-state index is 12.1. The number of anilines is 1. The van der Waals surface area contributed by atoms with Crippen LogP contribution in [0.2, 0.25) is 0 Å². The van der Waals surface area contributed by atoms with Crippen LogP contribution in [0.4, 0.5) is 5.69 Å². The van der Waals surface area contributed by atoms with E-state index in [2.05, 4.69) is 22.2 Å². The summed E-state index contributed by atoms with van der Waals surface area (Å²) < 4.78 is 0. The Morgan fingerprint density at radius 1 is 1.36 bits per heavy atom. The molecule has 0 aliphatic rings. The molecule has 1 heterocycles. The van der Waals surface area contributed by atoms with Crippen LogP contribution in [0.1, 0.15) is 23.7 Å². The second kappa shape index (κ2) is 7.26. The van der Waals surface area contributed by atoms with Gasteiger partial charge in [0.25, 0.3) is 5.56 Å². The molecule has 0 saturated carbocycles. The topological polar surface area (TPSA) is 74.8 Å². The number of carbonyl (C=O) groups excluding carboxylic acids is 1. The first kappa shape index (κ1) is 16.3. The molecule has 1 amide bonds. The molecule has 2 rings (SSSR count). The van der Waals surface area contributed by atoms with Crippen LogP contribution in [-0.2, 0) is 11.2 Å². The van der Waals surface area contributed by atoms with Gasteiger partial charge in [0.15, 0.2) is 5.16 Å². The number of nitrogens with one attached hydrogen (secondary N) is 2. The van der Waals surface area contributed by atoms with E-state index in [0.717, 1.165) is 23.2 Å². The lowest BCUT2D eigenvalue weighted by Crippen LogP contribution is -2.17. The van der Waals surface area contributed by atoms with E-state index in [-0.39, 0.29) is 17.2 Å². The number of para-hydroxylation sites is 1. The molecule has 1 aromatic carbocycles. The number of aromatic nitrogens is 2. The molecule has 0 saturated heterocycles. The number of aryl methyl sites for hydroxylation is 3. The fourth-order valence-corrected chi connectivity index (χ4v) is 2.85. The number of nitrogens with zero attached hydrogens (tertiary/aromatic N) is 1. The number of H-pyrrole nitrogens is 1. The maximum absolute atomic E-state index is 12.1. The molecule has 6 heteroatoms. The third-order valence-corrected chi connectivity index (χ3v) is 4.07. The minimum Gasteiger partial charge on any atom is -0.325 e. The molecule has 0 bridgehead atoms. The summed E-state index contributed by atoms with van der Waals surface area (Å²) >= 11 is 1.22. The Morgan fingerprint density at radius 2 is 2.14 bits per heavy atom. The standard InChI is InChI=1S/C16H19N3O2S/c1-4-12-7-5-6-10(2)15(12)18-14(21)9-22-16-17-11(3)8-13(20)19-16/h5-8H,4,9H2,1-3H3,(H,18,21)(H,17,19,20). The number of aromatic amines is 1. The summed E-state index contributed by atoms with van der Waals surface area (Å²) in [5.41, 5.74) is 3.46. The van der Waals surface area contributed by atoms with Gasteiger partial charge in [-0.3, -0.25) is 9.59 Å². The Morgan fingerprint density at radius 3 is 2.82 bits per heavy atom. The highest BCUT2D eigenvalue weighted by molar-refractivity contribution is 7.99. The van der Waals surface area contributed by atoms with Gasteiger partial charge in [0, 0.05) is 17.4 Å². The summed E-state index contributed by atoms with van der Waals surface area (Å²) in [6.07, 6.45) is 0.858. The van der Waals surface area contributed by atoms with Gasteiger partial charge in [0.05, 0.1) is 5.75 Å². The second-order valence-electron chi connectivity index (χ2n) is 4.99. The van der Waals surface area contributed by atoms with Crippen molar-refractivity contribution >= 4 is 23.4 Å². The number of benzene rings is 1. The predicted octanol–water partition coefficient (Wildman–Crippen LogP) is 2.68. The van der Waals surface area contributed by atoms with Crippen molar-refractivity contribution in [1.82, 2.24) is 9.97 Å². The van der Waals surface area contributed by atoms with Gasteiger partial charge >= 0.3 is 0 Å². The molecule has 0 aliphatic heterocycles. The number of thioether (sulfide) groups is 1. The van der Waals surface area contributed by atoms with Gasteiger partial charge in [-0.1, -0.05) is 36.9 Å². The quantitative estimate of drug-likeness (QED) is 0.657. The molecule has 0 fully saturated rings. The Hall–Kier alpha value is -2.08. The number of amides is 1. The van der Waals surface area contributed by atoms with Crippen molar-refractivity contribution in [3.8, 4) is 0 Å². The third-order valence-electron chi connectivity index (χ3n) is 3.19. The Kier molecular flexibility index (Phi) is 5.38. The zero-order chi connectivity index (χ0) is 16.1. The first-order chi connectivity index (χ1) is 10.5. The summed E-state index contributed by atoms with van der Waals surface area (Å²) in [7, 11) is 0. The van der Waals surface area contributed by atoms with Crippen LogP contribution in [0.15, 0.2) is 34.2 Å². The van der Waals surface area contributed by atoms with E-state index >= 15 is 0 Å². The van der Waals surface area contributed by atoms with E-state index in [1.165, 1.54) is 17.8 Å². The largest absolute Gasteiger partial charge is 0.325 e. The van der Waals surface area contributed by atoms with Crippen LogP contribution in [0.25, 0.3) is 0 Å². The van der Waals surface area contributed by atoms with Crippen molar-refractivity contribution in [2.45, 2.75) is 32.3 Å². The highest BCUT2D eigenvalue weighted by Gasteiger charge is 2.10. The van der Waals surface area contributed by atoms with E-state index in [9.17, 15) is 9.59 Å². The van der Waals surface area contributed by atoms with Crippen molar-refractivity contribution in [2.24, 2.45) is 0 Å². The lowest BCUT2D eigenvalue weighted by Gasteiger charge is -2.12. The number of rotatable bonds is 5. The smallest absolute Gasteiger partial charge is 0.251 e. The fourth-order valence-electron chi connectivity index (χ4n) is 2.13. The maximum Gasteiger partial charge on any atom is 0.251 e. The third kappa shape index (κ3) is 4.21. The summed E-state index contributed by atoms with van der Waals surface area (Å²) in [5.74, 6) is 0.0855. The van der Waals surface area contributed by atoms with Gasteiger partial charge < -0.3 is 10.3 Å². The van der Waals surface area contributed by atoms with E-state index < -0.39 is 0 Å². The monoisotopic (exact) mass is 317 g/mol. The van der Waals surface area contributed by atoms with Crippen LogP contribution in [0, 0.1) is 13.8 Å². The zero-order valence-corrected chi connectivity index (χ0v) is 13.7. The SMILES string of the molecule is CCc1cccc(C)c1NC(=O)CSc1nc(C)cc(=O)[nH]1. The van der Waals surface area contributed by atoms with Gasteiger partial charge in [-0.05, 0) is 31.4 Å². The normalized spacial score (nSPS) is 10.5. The van der Waals surface area contributed by atoms with Crippen LogP contribution < -0.4 is 10.9 Å². The second-order valence-corrected chi connectivity index (χ2v) is 5.96. The van der Waals surface area contributed by atoms with Crippen molar-refractivity contribution in [3.63, 3.8) is 0 Å². The molecule has 0 spiro atoms. The molecule has 0 atom stereocenters. The first-order valence-electron chi connectivity index (χ1n) is 7.08. The van der Waals surface area contributed by atoms with E-state index in [1.54, 1.807) is 6.92 Å². The molecular weight excluding hydrogens is 298 g/mol. The van der Waals surface area contributed by atoms with Crippen LogP contribution in [0.3, 0.4) is 0 Å². The molecular formula is C16H19N3O2S. The van der Waals surface area contributed by atoms with E-state index in [4.69, 9.17) is 0 Å². The van der Waals surface area contributed by atoms with Crippen LogP contribution in [0.5, 0.6) is 0 Å². The lowest BCUT2D eigenvalue weighted by molar-refractivity contribution is -0.113. The van der Waals surface area contributed by atoms with Crippen molar-refractivity contribution in [1.29, 1.82) is 0 Å². The first-order valence-corrected chi connectivity index (χ1v) is 8.07. The Labute approximate surface area is 133 Å². The van der Waals surface area contributed by atoms with E-state index in [1.807, 2.05) is 25.1 Å². The molecule has 0 radical (unpaired) electrons. The number of carbonyl (C=O) groups is 1. The minimum atomic E-state index is -0.206. The van der Waals surface area contributed by atoms with Gasteiger partial charge in [-0.2, -0.15) is 0 Å². The number of hydrogen-bond donors (Lipinski definition) is 2. The Balaban J connectivity index is 2.03. The summed E-state index contributed by atoms with van der Waals surface area (Å²) in [5, 5.41) is 3.41. The molecule has 0 unspecified atom stereocenters. The van der Waals surface area contributed by atoms with Crippen molar-refractivity contribution in [2.75, 3.05) is 11.1 Å². The molecule has 22 heavy (non-hydrogen) atoms. The number of hydrogen-bond acceptors (Lipinski definition) is 4. The zero-order valence-electron chi connectivity index (χ0n) is 12.9. The lowest BCUT2D eigenvalue weighted by atomic mass is 10.1. The minimum absolute atomic E-state index is 0.113. The Bertz CT molecular complexity index is 740. The van der Waals surface area contributed by atoms with Crippen molar-refractivity contribution in [3.05, 3.63) is 51.4 Å². The van der Waals surface area contributed by atoms with Crippen molar-refractivity contribution < 1.29 is 4.79 Å². The fraction of sp³-hybridized carbons (Fsp3) is 0.312. The van der Waals surface area contributed by atoms with Gasteiger partial charge in [0.1, 0.15) is 0 Å². The molecule has 1 aromatic heterocycles. The van der Waals surface area contributed by atoms with Gasteiger partial charge in [0.2, 0.25) is 5.91 Å². The average Bonchev–Trinajstić information content (AvgIpc) is 2.46. The highest BCUT2D eigenvalue weighted by Crippen LogP contribution is 2.21. The predicted molar refractivity (Wildman–Crippen MR) is 89.5 cm³/mol. The highest BCUT2D eigenvalue weighted by atomic mass is 32.2. The average molecular weight is 317 g/mol. The molecule has 5 nitrogen and oxygen atoms in total. The summed E-state index contributed by atoms with van der Waals surface area (Å²) in [6.45, 7) is 5.78. The molecule has 2 aromatic rings. The van der Waals surface area contributed by atoms with Gasteiger partial charge in [-0.25, -0.2) is 4.98 Å². The molecule has 0 aliphatic carbocycles. The van der Waals surface area contributed by atoms with E-state index in [0.29, 0.717) is 10.9 Å². The summed E-state index contributed by atoms with van der Waals surface area (Å²) in [4.78, 5) is 30.3. The molecule has 116 valence electrons. The summed E-state index contributed by atoms with van der Waals surface area (Å²) in [6, 6.07) is 7.39. The molecule has 2 N–H and O–H groups in total. The van der Waals surface area contributed by atoms with Gasteiger partial charge in [-0.15, -0.1) is 0 Å². The van der Waals surface area contributed by atoms with Crippen LogP contribution >= 0.6 is 11.8 Å².